The number of likely N-dealkylation sites (N-methyl/N-ethyl adjacent to an activating group) is 1. The third kappa shape index (κ3) is 4.85. The Bertz CT molecular complexity index is 241. The second-order valence-corrected chi connectivity index (χ2v) is 4.93. The van der Waals surface area contributed by atoms with E-state index in [1.165, 1.54) is 0 Å². The van der Waals surface area contributed by atoms with Crippen molar-refractivity contribution in [2.75, 3.05) is 30.9 Å². The minimum Gasteiger partial charge on any atom is -0.315 e. The van der Waals surface area contributed by atoms with Gasteiger partial charge in [0, 0.05) is 18.1 Å². The van der Waals surface area contributed by atoms with Gasteiger partial charge in [-0.3, -0.25) is 0 Å². The van der Waals surface area contributed by atoms with E-state index in [-0.39, 0.29) is 0 Å². The van der Waals surface area contributed by atoms with E-state index in [1.54, 1.807) is 11.8 Å². The maximum atomic E-state index is 3.99. The number of tetrazole rings is 1. The van der Waals surface area contributed by atoms with Crippen LogP contribution in [0.5, 0.6) is 0 Å². The molecule has 0 unspecified atom stereocenters. The van der Waals surface area contributed by atoms with Gasteiger partial charge in [0.05, 0.1) is 6.54 Å². The molecule has 0 aliphatic carbocycles. The van der Waals surface area contributed by atoms with Crippen molar-refractivity contribution >= 4 is 23.5 Å². The van der Waals surface area contributed by atoms with Crippen molar-refractivity contribution in [3.63, 3.8) is 0 Å². The van der Waals surface area contributed by atoms with Crippen LogP contribution in [0.25, 0.3) is 0 Å². The van der Waals surface area contributed by atoms with Crippen molar-refractivity contribution in [2.45, 2.75) is 18.6 Å². The smallest absolute Gasteiger partial charge is 0.209 e. The van der Waals surface area contributed by atoms with Crippen molar-refractivity contribution in [3.05, 3.63) is 0 Å². The summed E-state index contributed by atoms with van der Waals surface area (Å²) in [6, 6.07) is 0. The Morgan fingerprint density at radius 2 is 2.27 bits per heavy atom. The predicted molar refractivity (Wildman–Crippen MR) is 65.5 cm³/mol. The first-order valence-electron chi connectivity index (χ1n) is 4.97. The van der Waals surface area contributed by atoms with Crippen molar-refractivity contribution in [1.29, 1.82) is 0 Å². The van der Waals surface area contributed by atoms with E-state index >= 15 is 0 Å². The number of thioether (sulfide) groups is 2. The molecule has 1 aromatic rings. The topological polar surface area (TPSA) is 55.6 Å². The molecular weight excluding hydrogens is 230 g/mol. The molecule has 0 saturated heterocycles. The summed E-state index contributed by atoms with van der Waals surface area (Å²) in [4.78, 5) is 0. The molecule has 0 aromatic carbocycles. The van der Waals surface area contributed by atoms with Gasteiger partial charge in [0.2, 0.25) is 5.16 Å². The van der Waals surface area contributed by atoms with Gasteiger partial charge in [-0.05, 0) is 23.2 Å². The highest BCUT2D eigenvalue weighted by Gasteiger charge is 2.05. The van der Waals surface area contributed by atoms with Crippen LogP contribution in [0.4, 0.5) is 0 Å². The molecule has 1 aromatic heterocycles. The molecule has 0 saturated carbocycles. The predicted octanol–water partition coefficient (Wildman–Crippen LogP) is 0.738. The fraction of sp³-hybridized carbons (Fsp3) is 0.875. The Balaban J connectivity index is 2.32. The first kappa shape index (κ1) is 12.8. The van der Waals surface area contributed by atoms with E-state index in [0.29, 0.717) is 0 Å². The van der Waals surface area contributed by atoms with Crippen LogP contribution >= 0.6 is 23.5 Å². The Labute approximate surface area is 98.8 Å². The summed E-state index contributed by atoms with van der Waals surface area (Å²) in [6.07, 6.45) is 2.11. The number of hydrogen-bond donors (Lipinski definition) is 1. The van der Waals surface area contributed by atoms with E-state index in [4.69, 9.17) is 0 Å². The fourth-order valence-corrected chi connectivity index (χ4v) is 2.57. The lowest BCUT2D eigenvalue weighted by atomic mass is 10.6. The van der Waals surface area contributed by atoms with Crippen molar-refractivity contribution in [3.8, 4) is 0 Å². The number of rotatable bonds is 8. The van der Waals surface area contributed by atoms with Gasteiger partial charge in [0.15, 0.2) is 0 Å². The molecule has 5 nitrogen and oxygen atoms in total. The zero-order valence-corrected chi connectivity index (χ0v) is 10.8. The average molecular weight is 247 g/mol. The van der Waals surface area contributed by atoms with Gasteiger partial charge < -0.3 is 5.32 Å². The first-order chi connectivity index (χ1) is 7.38. The normalized spacial score (nSPS) is 10.8. The van der Waals surface area contributed by atoms with Crippen LogP contribution in [0.3, 0.4) is 0 Å². The first-order valence-corrected chi connectivity index (χ1v) is 7.35. The Kier molecular flexibility index (Phi) is 6.78. The van der Waals surface area contributed by atoms with E-state index in [2.05, 4.69) is 34.0 Å². The largest absolute Gasteiger partial charge is 0.315 e. The molecule has 0 fully saturated rings. The van der Waals surface area contributed by atoms with Crippen LogP contribution < -0.4 is 5.32 Å². The maximum Gasteiger partial charge on any atom is 0.209 e. The quantitative estimate of drug-likeness (QED) is 0.540. The number of nitrogens with one attached hydrogen (secondary N) is 1. The van der Waals surface area contributed by atoms with Gasteiger partial charge in [0.1, 0.15) is 0 Å². The van der Waals surface area contributed by atoms with Crippen LogP contribution in [0.1, 0.15) is 6.92 Å². The van der Waals surface area contributed by atoms with Gasteiger partial charge in [0.25, 0.3) is 0 Å². The zero-order valence-electron chi connectivity index (χ0n) is 9.14. The number of aromatic nitrogens is 4. The van der Waals surface area contributed by atoms with E-state index in [9.17, 15) is 0 Å². The summed E-state index contributed by atoms with van der Waals surface area (Å²) in [6.45, 7) is 4.82. The van der Waals surface area contributed by atoms with Crippen molar-refractivity contribution in [2.24, 2.45) is 0 Å². The lowest BCUT2D eigenvalue weighted by molar-refractivity contribution is 0.518. The molecule has 1 rings (SSSR count). The zero-order chi connectivity index (χ0) is 10.9. The maximum absolute atomic E-state index is 3.99. The highest BCUT2D eigenvalue weighted by molar-refractivity contribution is 8.02. The van der Waals surface area contributed by atoms with Crippen LogP contribution in [-0.2, 0) is 6.54 Å². The molecule has 0 aliphatic rings. The summed E-state index contributed by atoms with van der Waals surface area (Å²) in [7, 11) is 0. The van der Waals surface area contributed by atoms with Crippen LogP contribution in [0.2, 0.25) is 0 Å². The molecule has 1 N–H and O–H groups in total. The second-order valence-electron chi connectivity index (χ2n) is 2.88. The Hall–Kier alpha value is -0.270. The van der Waals surface area contributed by atoms with E-state index in [0.717, 1.165) is 36.3 Å². The summed E-state index contributed by atoms with van der Waals surface area (Å²) >= 11 is 3.55. The molecule has 0 radical (unpaired) electrons. The number of nitrogens with zero attached hydrogens (tertiary/aromatic N) is 4. The third-order valence-corrected chi connectivity index (χ3v) is 3.60. The molecule has 0 atom stereocenters. The minimum absolute atomic E-state index is 0.836. The van der Waals surface area contributed by atoms with Crippen LogP contribution in [0.15, 0.2) is 5.16 Å². The minimum atomic E-state index is 0.836. The SMILES string of the molecule is CCNCCn1nnnc1SCCSC. The molecule has 0 bridgehead atoms. The molecule has 1 heterocycles. The summed E-state index contributed by atoms with van der Waals surface area (Å²) in [5.74, 6) is 2.19. The van der Waals surface area contributed by atoms with Crippen LogP contribution in [-0.4, -0.2) is 51.1 Å². The van der Waals surface area contributed by atoms with E-state index < -0.39 is 0 Å². The Morgan fingerprint density at radius 3 is 3.00 bits per heavy atom. The molecular formula is C8H17N5S2. The highest BCUT2D eigenvalue weighted by Crippen LogP contribution is 2.14. The lowest BCUT2D eigenvalue weighted by Gasteiger charge is -2.03. The average Bonchev–Trinajstić information content (AvgIpc) is 2.67. The standard InChI is InChI=1S/C8H17N5S2/c1-3-9-4-5-13-8(10-11-12-13)15-7-6-14-2/h9H,3-7H2,1-2H3. The van der Waals surface area contributed by atoms with Crippen molar-refractivity contribution < 1.29 is 0 Å². The molecule has 0 amide bonds. The molecule has 0 spiro atoms. The molecule has 86 valence electrons. The van der Waals surface area contributed by atoms with Gasteiger partial charge in [-0.25, -0.2) is 4.68 Å². The lowest BCUT2D eigenvalue weighted by Crippen LogP contribution is -2.20. The van der Waals surface area contributed by atoms with Crippen LogP contribution in [0, 0.1) is 0 Å². The summed E-state index contributed by atoms with van der Waals surface area (Å²) in [5.41, 5.74) is 0. The fourth-order valence-electron chi connectivity index (χ4n) is 1.02. The molecule has 7 heteroatoms. The Morgan fingerprint density at radius 1 is 1.40 bits per heavy atom. The monoisotopic (exact) mass is 247 g/mol. The van der Waals surface area contributed by atoms with Gasteiger partial charge >= 0.3 is 0 Å². The molecule has 15 heavy (non-hydrogen) atoms. The van der Waals surface area contributed by atoms with Gasteiger partial charge in [-0.1, -0.05) is 18.7 Å². The summed E-state index contributed by atoms with van der Waals surface area (Å²) < 4.78 is 1.85. The second kappa shape index (κ2) is 7.95. The van der Waals surface area contributed by atoms with Gasteiger partial charge in [-0.2, -0.15) is 11.8 Å². The van der Waals surface area contributed by atoms with E-state index in [1.807, 2.05) is 16.4 Å². The third-order valence-electron chi connectivity index (χ3n) is 1.77. The highest BCUT2D eigenvalue weighted by atomic mass is 32.2. The van der Waals surface area contributed by atoms with Gasteiger partial charge in [-0.15, -0.1) is 5.10 Å². The molecule has 0 aliphatic heterocycles. The number of hydrogen-bond acceptors (Lipinski definition) is 6. The summed E-state index contributed by atoms with van der Waals surface area (Å²) in [5, 5.41) is 15.8. The van der Waals surface area contributed by atoms with Crippen molar-refractivity contribution in [1.82, 2.24) is 25.5 Å².